The molecule has 2 unspecified atom stereocenters. The molecule has 2 aromatic rings. The van der Waals surface area contributed by atoms with Gasteiger partial charge in [0, 0.05) is 12.6 Å². The number of likely N-dealkylation sites (tertiary alicyclic amines) is 1. The first-order valence-corrected chi connectivity index (χ1v) is 6.67. The van der Waals surface area contributed by atoms with Crippen LogP contribution < -0.4 is 5.76 Å². The van der Waals surface area contributed by atoms with Gasteiger partial charge in [-0.2, -0.15) is 0 Å². The Morgan fingerprint density at radius 3 is 3.00 bits per heavy atom. The van der Waals surface area contributed by atoms with Crippen molar-refractivity contribution >= 4 is 17.2 Å². The van der Waals surface area contributed by atoms with Gasteiger partial charge in [-0.15, -0.1) is 0 Å². The lowest BCUT2D eigenvalue weighted by Crippen LogP contribution is -2.43. The highest BCUT2D eigenvalue weighted by Gasteiger charge is 2.29. The van der Waals surface area contributed by atoms with E-state index < -0.39 is 11.8 Å². The summed E-state index contributed by atoms with van der Waals surface area (Å²) in [5, 5.41) is 9.08. The van der Waals surface area contributed by atoms with Crippen molar-refractivity contribution in [2.75, 3.05) is 6.54 Å². The van der Waals surface area contributed by atoms with Crippen LogP contribution in [0.3, 0.4) is 0 Å². The van der Waals surface area contributed by atoms with Crippen LogP contribution in [0.1, 0.15) is 31.2 Å². The molecule has 1 saturated heterocycles. The van der Waals surface area contributed by atoms with Gasteiger partial charge < -0.3 is 14.4 Å². The number of rotatable bonds is 1. The van der Waals surface area contributed by atoms with Gasteiger partial charge in [-0.25, -0.2) is 9.59 Å². The lowest BCUT2D eigenvalue weighted by atomic mass is 9.86. The Morgan fingerprint density at radius 2 is 2.30 bits per heavy atom. The predicted octanol–water partition coefficient (Wildman–Crippen LogP) is 2.37. The second-order valence-corrected chi connectivity index (χ2v) is 5.32. The molecular weight excluding hydrogens is 260 g/mol. The van der Waals surface area contributed by atoms with E-state index in [4.69, 9.17) is 9.52 Å². The second-order valence-electron chi connectivity index (χ2n) is 5.32. The molecule has 1 aromatic heterocycles. The summed E-state index contributed by atoms with van der Waals surface area (Å²) < 4.78 is 5.07. The third-order valence-electron chi connectivity index (χ3n) is 4.04. The number of nitrogens with zero attached hydrogens (tertiary/aromatic N) is 1. The van der Waals surface area contributed by atoms with Gasteiger partial charge in [-0.05, 0) is 43.4 Å². The van der Waals surface area contributed by atoms with E-state index in [1.54, 1.807) is 0 Å². The number of hydrogen-bond acceptors (Lipinski definition) is 3. The number of nitrogens with one attached hydrogen (secondary N) is 1. The summed E-state index contributed by atoms with van der Waals surface area (Å²) in [4.78, 5) is 26.3. The molecule has 106 valence electrons. The summed E-state index contributed by atoms with van der Waals surface area (Å²) in [6.07, 6.45) is 0.714. The summed E-state index contributed by atoms with van der Waals surface area (Å²) in [6, 6.07) is 5.69. The average Bonchev–Trinajstić information content (AvgIpc) is 2.77. The Balaban J connectivity index is 1.85. The third kappa shape index (κ3) is 2.17. The van der Waals surface area contributed by atoms with Crippen LogP contribution >= 0.6 is 0 Å². The molecule has 20 heavy (non-hydrogen) atoms. The summed E-state index contributed by atoms with van der Waals surface area (Å²) in [5.74, 6) is -0.156. The molecule has 0 bridgehead atoms. The Labute approximate surface area is 115 Å². The maximum Gasteiger partial charge on any atom is 0.417 e. The Hall–Kier alpha value is -2.24. The first kappa shape index (κ1) is 12.8. The van der Waals surface area contributed by atoms with Crippen LogP contribution in [0, 0.1) is 0 Å². The van der Waals surface area contributed by atoms with Crippen LogP contribution in [0.2, 0.25) is 0 Å². The van der Waals surface area contributed by atoms with Gasteiger partial charge in [0.2, 0.25) is 0 Å². The smallest absolute Gasteiger partial charge is 0.417 e. The normalized spacial score (nSPS) is 23.1. The fraction of sp³-hybridized carbons (Fsp3) is 0.429. The highest BCUT2D eigenvalue weighted by atomic mass is 16.4. The van der Waals surface area contributed by atoms with Crippen molar-refractivity contribution in [1.82, 2.24) is 9.88 Å². The van der Waals surface area contributed by atoms with Gasteiger partial charge >= 0.3 is 11.8 Å². The summed E-state index contributed by atoms with van der Waals surface area (Å²) in [6.45, 7) is 2.46. The van der Waals surface area contributed by atoms with Crippen LogP contribution in [0.25, 0.3) is 11.1 Å². The minimum absolute atomic E-state index is 0.000167. The van der Waals surface area contributed by atoms with Gasteiger partial charge in [0.1, 0.15) is 0 Å². The van der Waals surface area contributed by atoms with Gasteiger partial charge in [-0.1, -0.05) is 6.07 Å². The number of carboxylic acid groups (broad SMARTS) is 1. The van der Waals surface area contributed by atoms with Crippen LogP contribution in [0.5, 0.6) is 0 Å². The number of amides is 1. The topological polar surface area (TPSA) is 86.5 Å². The molecule has 1 aliphatic rings. The lowest BCUT2D eigenvalue weighted by molar-refractivity contribution is 0.107. The fourth-order valence-corrected chi connectivity index (χ4v) is 2.97. The van der Waals surface area contributed by atoms with Crippen molar-refractivity contribution in [3.05, 3.63) is 34.3 Å². The quantitative estimate of drug-likeness (QED) is 0.837. The number of aromatic nitrogens is 1. The van der Waals surface area contributed by atoms with Gasteiger partial charge in [0.15, 0.2) is 5.58 Å². The van der Waals surface area contributed by atoms with E-state index in [0.29, 0.717) is 23.6 Å². The number of oxazole rings is 1. The van der Waals surface area contributed by atoms with E-state index in [0.717, 1.165) is 18.4 Å². The Morgan fingerprint density at radius 1 is 1.50 bits per heavy atom. The van der Waals surface area contributed by atoms with Crippen LogP contribution in [0.15, 0.2) is 27.4 Å². The zero-order valence-corrected chi connectivity index (χ0v) is 11.1. The second kappa shape index (κ2) is 4.70. The summed E-state index contributed by atoms with van der Waals surface area (Å²) in [5.41, 5.74) is 2.34. The van der Waals surface area contributed by atoms with Crippen molar-refractivity contribution < 1.29 is 14.3 Å². The van der Waals surface area contributed by atoms with Gasteiger partial charge in [-0.3, -0.25) is 4.98 Å². The zero-order valence-electron chi connectivity index (χ0n) is 11.1. The highest BCUT2D eigenvalue weighted by molar-refractivity contribution is 5.73. The van der Waals surface area contributed by atoms with Crippen LogP contribution in [-0.4, -0.2) is 33.7 Å². The summed E-state index contributed by atoms with van der Waals surface area (Å²) >= 11 is 0. The molecule has 2 atom stereocenters. The van der Waals surface area contributed by atoms with Crippen molar-refractivity contribution in [2.24, 2.45) is 0 Å². The van der Waals surface area contributed by atoms with Gasteiger partial charge in [0.05, 0.1) is 5.52 Å². The monoisotopic (exact) mass is 276 g/mol. The Bertz CT molecular complexity index is 703. The largest absolute Gasteiger partial charge is 0.465 e. The van der Waals surface area contributed by atoms with Crippen molar-refractivity contribution in [2.45, 2.75) is 31.7 Å². The number of hydrogen-bond donors (Lipinski definition) is 2. The molecule has 1 amide bonds. The molecule has 0 spiro atoms. The van der Waals surface area contributed by atoms with E-state index in [1.165, 1.54) is 4.90 Å². The van der Waals surface area contributed by atoms with E-state index >= 15 is 0 Å². The molecule has 0 radical (unpaired) electrons. The van der Waals surface area contributed by atoms with Crippen LogP contribution in [-0.2, 0) is 0 Å². The first-order valence-electron chi connectivity index (χ1n) is 6.67. The minimum atomic E-state index is -0.858. The zero-order chi connectivity index (χ0) is 14.3. The number of fused-ring (bicyclic) bond motifs is 1. The number of piperidine rings is 1. The SMILES string of the molecule is CC1CC(c2ccc3[nH]c(=O)oc3c2)CCN1C(=O)O. The maximum atomic E-state index is 11.2. The van der Waals surface area contributed by atoms with E-state index in [-0.39, 0.29) is 6.04 Å². The van der Waals surface area contributed by atoms with E-state index in [1.807, 2.05) is 25.1 Å². The summed E-state index contributed by atoms with van der Waals surface area (Å²) in [7, 11) is 0. The van der Waals surface area contributed by atoms with Gasteiger partial charge in [0.25, 0.3) is 0 Å². The van der Waals surface area contributed by atoms with E-state index in [2.05, 4.69) is 4.98 Å². The number of carbonyl (C=O) groups is 1. The average molecular weight is 276 g/mol. The number of H-pyrrole nitrogens is 1. The van der Waals surface area contributed by atoms with Crippen LogP contribution in [0.4, 0.5) is 4.79 Å². The molecule has 2 heterocycles. The lowest BCUT2D eigenvalue weighted by Gasteiger charge is -2.36. The molecule has 3 rings (SSSR count). The number of benzene rings is 1. The predicted molar refractivity (Wildman–Crippen MR) is 73.0 cm³/mol. The van der Waals surface area contributed by atoms with Crippen molar-refractivity contribution in [3.8, 4) is 0 Å². The first-order chi connectivity index (χ1) is 9.54. The molecule has 0 aliphatic carbocycles. The standard InChI is InChI=1S/C14H16N2O4/c1-8-6-10(4-5-16(8)14(18)19)9-2-3-11-12(7-9)20-13(17)15-11/h2-3,7-8,10H,4-6H2,1H3,(H,15,17)(H,18,19). The number of aromatic amines is 1. The highest BCUT2D eigenvalue weighted by Crippen LogP contribution is 2.32. The molecule has 1 aliphatic heterocycles. The molecular formula is C14H16N2O4. The molecule has 6 nitrogen and oxygen atoms in total. The van der Waals surface area contributed by atoms with Crippen molar-refractivity contribution in [3.63, 3.8) is 0 Å². The molecule has 1 fully saturated rings. The molecule has 2 N–H and O–H groups in total. The molecule has 6 heteroatoms. The fourth-order valence-electron chi connectivity index (χ4n) is 2.97. The third-order valence-corrected chi connectivity index (χ3v) is 4.04. The molecule has 1 aromatic carbocycles. The minimum Gasteiger partial charge on any atom is -0.465 e. The maximum absolute atomic E-state index is 11.2. The van der Waals surface area contributed by atoms with E-state index in [9.17, 15) is 9.59 Å². The molecule has 0 saturated carbocycles. The van der Waals surface area contributed by atoms with Crippen molar-refractivity contribution in [1.29, 1.82) is 0 Å². The Kier molecular flexibility index (Phi) is 3.00.